The van der Waals surface area contributed by atoms with Crippen LogP contribution in [0.25, 0.3) is 11.4 Å². The minimum absolute atomic E-state index is 0.0835. The maximum absolute atomic E-state index is 13.0. The van der Waals surface area contributed by atoms with Crippen LogP contribution in [0.2, 0.25) is 0 Å². The van der Waals surface area contributed by atoms with Gasteiger partial charge in [0.25, 0.3) is 5.91 Å². The second-order valence-electron chi connectivity index (χ2n) is 9.67. The molecule has 0 unspecified atom stereocenters. The van der Waals surface area contributed by atoms with Gasteiger partial charge in [0.15, 0.2) is 5.82 Å². The summed E-state index contributed by atoms with van der Waals surface area (Å²) in [6.07, 6.45) is 0. The van der Waals surface area contributed by atoms with Crippen LogP contribution in [0.15, 0.2) is 54.6 Å². The monoisotopic (exact) mass is 428 g/mol. The lowest BCUT2D eigenvalue weighted by Crippen LogP contribution is -2.49. The van der Waals surface area contributed by atoms with E-state index in [9.17, 15) is 4.79 Å². The largest absolute Gasteiger partial charge is 0.353 e. The number of aryl methyl sites for hydroxylation is 2. The highest BCUT2D eigenvalue weighted by Crippen LogP contribution is 2.24. The molecule has 5 nitrogen and oxygen atoms in total. The van der Waals surface area contributed by atoms with Crippen LogP contribution in [0.4, 0.5) is 5.82 Å². The van der Waals surface area contributed by atoms with Crippen molar-refractivity contribution in [3.05, 3.63) is 77.0 Å². The first-order chi connectivity index (χ1) is 15.2. The zero-order valence-electron chi connectivity index (χ0n) is 19.7. The maximum atomic E-state index is 13.0. The predicted molar refractivity (Wildman–Crippen MR) is 130 cm³/mol. The highest BCUT2D eigenvalue weighted by Gasteiger charge is 2.24. The fraction of sp³-hybridized carbons (Fsp3) is 0.370. The minimum atomic E-state index is 0.0835. The van der Waals surface area contributed by atoms with Gasteiger partial charge in [0.1, 0.15) is 5.82 Å². The van der Waals surface area contributed by atoms with E-state index < -0.39 is 0 Å². The second kappa shape index (κ2) is 8.73. The topological polar surface area (TPSA) is 49.3 Å². The van der Waals surface area contributed by atoms with Crippen molar-refractivity contribution in [3.8, 4) is 11.4 Å². The molecule has 0 bridgehead atoms. The van der Waals surface area contributed by atoms with Crippen molar-refractivity contribution in [2.45, 2.75) is 40.0 Å². The molecule has 4 rings (SSSR count). The summed E-state index contributed by atoms with van der Waals surface area (Å²) >= 11 is 0. The van der Waals surface area contributed by atoms with Crippen molar-refractivity contribution in [1.29, 1.82) is 0 Å². The molecule has 0 saturated carbocycles. The van der Waals surface area contributed by atoms with Gasteiger partial charge >= 0.3 is 0 Å². The Morgan fingerprint density at radius 3 is 2.19 bits per heavy atom. The highest BCUT2D eigenvalue weighted by atomic mass is 16.2. The van der Waals surface area contributed by atoms with Crippen LogP contribution >= 0.6 is 0 Å². The van der Waals surface area contributed by atoms with E-state index in [0.717, 1.165) is 41.6 Å². The van der Waals surface area contributed by atoms with E-state index in [1.165, 1.54) is 11.1 Å². The molecule has 5 heteroatoms. The SMILES string of the molecule is Cc1cccc(-c2nc(C)cc(N3CCN(C(=O)c4ccc(C(C)(C)C)cc4)CC3)n2)c1. The van der Waals surface area contributed by atoms with Crippen molar-refractivity contribution in [1.82, 2.24) is 14.9 Å². The fourth-order valence-electron chi connectivity index (χ4n) is 4.06. The normalized spacial score (nSPS) is 14.5. The third-order valence-corrected chi connectivity index (χ3v) is 6.01. The first kappa shape index (κ1) is 22.0. The number of nitrogens with zero attached hydrogens (tertiary/aromatic N) is 4. The van der Waals surface area contributed by atoms with Gasteiger partial charge in [-0.05, 0) is 43.0 Å². The Labute approximate surface area is 191 Å². The van der Waals surface area contributed by atoms with E-state index in [1.807, 2.05) is 42.2 Å². The molecular formula is C27H32N4O. The Balaban J connectivity index is 1.45. The van der Waals surface area contributed by atoms with Gasteiger partial charge in [-0.1, -0.05) is 56.7 Å². The lowest BCUT2D eigenvalue weighted by molar-refractivity contribution is 0.0746. The fourth-order valence-corrected chi connectivity index (χ4v) is 4.06. The first-order valence-electron chi connectivity index (χ1n) is 11.3. The molecule has 0 spiro atoms. The number of aromatic nitrogens is 2. The van der Waals surface area contributed by atoms with Crippen LogP contribution in [0.3, 0.4) is 0 Å². The molecular weight excluding hydrogens is 396 g/mol. The standard InChI is InChI=1S/C27H32N4O/c1-19-7-6-8-22(17-19)25-28-20(2)18-24(29-25)30-13-15-31(16-14-30)26(32)21-9-11-23(12-10-21)27(3,4)5/h6-12,17-18H,13-16H2,1-5H3. The van der Waals surface area contributed by atoms with E-state index in [2.05, 4.69) is 61.8 Å². The number of carbonyl (C=O) groups is 1. The Morgan fingerprint density at radius 1 is 0.875 bits per heavy atom. The summed E-state index contributed by atoms with van der Waals surface area (Å²) < 4.78 is 0. The minimum Gasteiger partial charge on any atom is -0.353 e. The Bertz CT molecular complexity index is 1110. The van der Waals surface area contributed by atoms with Crippen LogP contribution in [0.1, 0.15) is 48.0 Å². The van der Waals surface area contributed by atoms with Crippen molar-refractivity contribution in [2.24, 2.45) is 0 Å². The molecule has 0 radical (unpaired) electrons. The third-order valence-electron chi connectivity index (χ3n) is 6.01. The summed E-state index contributed by atoms with van der Waals surface area (Å²) in [5, 5.41) is 0. The molecule has 0 aliphatic carbocycles. The number of rotatable bonds is 3. The van der Waals surface area contributed by atoms with Gasteiger partial charge in [0, 0.05) is 49.1 Å². The van der Waals surface area contributed by atoms with E-state index in [0.29, 0.717) is 13.1 Å². The number of hydrogen-bond donors (Lipinski definition) is 0. The highest BCUT2D eigenvalue weighted by molar-refractivity contribution is 5.94. The van der Waals surface area contributed by atoms with Crippen LogP contribution in [0, 0.1) is 13.8 Å². The van der Waals surface area contributed by atoms with Gasteiger partial charge in [-0.3, -0.25) is 4.79 Å². The first-order valence-corrected chi connectivity index (χ1v) is 11.3. The second-order valence-corrected chi connectivity index (χ2v) is 9.67. The number of benzene rings is 2. The zero-order valence-corrected chi connectivity index (χ0v) is 19.7. The van der Waals surface area contributed by atoms with Crippen molar-refractivity contribution >= 4 is 11.7 Å². The van der Waals surface area contributed by atoms with Crippen molar-refractivity contribution in [2.75, 3.05) is 31.1 Å². The van der Waals surface area contributed by atoms with Gasteiger partial charge in [0.2, 0.25) is 0 Å². The summed E-state index contributed by atoms with van der Waals surface area (Å²) in [6.45, 7) is 13.5. The molecule has 1 aromatic heterocycles. The van der Waals surface area contributed by atoms with Crippen LogP contribution in [0.5, 0.6) is 0 Å². The molecule has 32 heavy (non-hydrogen) atoms. The molecule has 1 amide bonds. The van der Waals surface area contributed by atoms with Gasteiger partial charge < -0.3 is 9.80 Å². The average Bonchev–Trinajstić information content (AvgIpc) is 2.78. The summed E-state index contributed by atoms with van der Waals surface area (Å²) in [6, 6.07) is 18.4. The summed E-state index contributed by atoms with van der Waals surface area (Å²) in [4.78, 5) is 26.7. The average molecular weight is 429 g/mol. The van der Waals surface area contributed by atoms with Crippen molar-refractivity contribution in [3.63, 3.8) is 0 Å². The van der Waals surface area contributed by atoms with Crippen LogP contribution < -0.4 is 4.90 Å². The van der Waals surface area contributed by atoms with Crippen LogP contribution in [-0.2, 0) is 5.41 Å². The summed E-state index contributed by atoms with van der Waals surface area (Å²) in [5.41, 5.74) is 5.25. The van der Waals surface area contributed by atoms with Gasteiger partial charge in [-0.2, -0.15) is 0 Å². The van der Waals surface area contributed by atoms with Crippen molar-refractivity contribution < 1.29 is 4.79 Å². The van der Waals surface area contributed by atoms with Crippen LogP contribution in [-0.4, -0.2) is 47.0 Å². The Morgan fingerprint density at radius 2 is 1.56 bits per heavy atom. The summed E-state index contributed by atoms with van der Waals surface area (Å²) in [5.74, 6) is 1.78. The molecule has 2 aromatic carbocycles. The molecule has 3 aromatic rings. The molecule has 0 atom stereocenters. The summed E-state index contributed by atoms with van der Waals surface area (Å²) in [7, 11) is 0. The number of carbonyl (C=O) groups excluding carboxylic acids is 1. The van der Waals surface area contributed by atoms with Gasteiger partial charge in [0.05, 0.1) is 0 Å². The molecule has 1 fully saturated rings. The molecule has 166 valence electrons. The van der Waals surface area contributed by atoms with Gasteiger partial charge in [-0.25, -0.2) is 9.97 Å². The van der Waals surface area contributed by atoms with E-state index >= 15 is 0 Å². The lowest BCUT2D eigenvalue weighted by atomic mass is 9.86. The number of anilines is 1. The predicted octanol–water partition coefficient (Wildman–Crippen LogP) is 5.02. The van der Waals surface area contributed by atoms with E-state index in [-0.39, 0.29) is 11.3 Å². The smallest absolute Gasteiger partial charge is 0.253 e. The number of amides is 1. The third kappa shape index (κ3) is 4.82. The number of hydrogen-bond acceptors (Lipinski definition) is 4. The van der Waals surface area contributed by atoms with E-state index in [1.54, 1.807) is 0 Å². The van der Waals surface area contributed by atoms with E-state index in [4.69, 9.17) is 4.98 Å². The molecule has 2 heterocycles. The maximum Gasteiger partial charge on any atom is 0.253 e. The number of piperazine rings is 1. The Kier molecular flexibility index (Phi) is 6.00. The molecule has 1 aliphatic rings. The zero-order chi connectivity index (χ0) is 22.9. The molecule has 1 aliphatic heterocycles. The molecule has 0 N–H and O–H groups in total. The Hall–Kier alpha value is -3.21. The molecule has 1 saturated heterocycles. The lowest BCUT2D eigenvalue weighted by Gasteiger charge is -2.35. The van der Waals surface area contributed by atoms with Gasteiger partial charge in [-0.15, -0.1) is 0 Å². The quantitative estimate of drug-likeness (QED) is 0.588.